The number of hydrogen-bond donors (Lipinski definition) is 2. The van der Waals surface area contributed by atoms with Gasteiger partial charge in [-0.15, -0.1) is 11.3 Å². The van der Waals surface area contributed by atoms with Gasteiger partial charge in [0.05, 0.1) is 5.39 Å². The molecule has 0 spiro atoms. The van der Waals surface area contributed by atoms with E-state index >= 15 is 0 Å². The smallest absolute Gasteiger partial charge is 0.259 e. The Morgan fingerprint density at radius 2 is 1.96 bits per heavy atom. The van der Waals surface area contributed by atoms with Crippen molar-refractivity contribution in [3.05, 3.63) is 26.6 Å². The number of rotatable bonds is 7. The van der Waals surface area contributed by atoms with Gasteiger partial charge in [-0.1, -0.05) is 13.8 Å². The van der Waals surface area contributed by atoms with Crippen LogP contribution in [0.3, 0.4) is 0 Å². The topological polar surface area (TPSA) is 74.8 Å². The van der Waals surface area contributed by atoms with E-state index in [2.05, 4.69) is 29.1 Å². The molecule has 0 fully saturated rings. The van der Waals surface area contributed by atoms with E-state index < -0.39 is 0 Å². The Morgan fingerprint density at radius 1 is 1.25 bits per heavy atom. The summed E-state index contributed by atoms with van der Waals surface area (Å²) in [7, 11) is 0. The molecular weight excluding hydrogens is 322 g/mol. The van der Waals surface area contributed by atoms with Crippen molar-refractivity contribution in [3.63, 3.8) is 0 Å². The molecule has 2 aromatic rings. The summed E-state index contributed by atoms with van der Waals surface area (Å²) in [5.41, 5.74) is 0.884. The average Bonchev–Trinajstić information content (AvgIpc) is 2.78. The second-order valence-corrected chi connectivity index (χ2v) is 8.12. The van der Waals surface area contributed by atoms with Gasteiger partial charge in [0.25, 0.3) is 5.56 Å². The van der Waals surface area contributed by atoms with Crippen LogP contribution in [0.4, 0.5) is 0 Å². The fraction of sp³-hybridized carbons (Fsp3) is 0.611. The minimum Gasteiger partial charge on any atom is -0.354 e. The van der Waals surface area contributed by atoms with Gasteiger partial charge in [0.2, 0.25) is 5.91 Å². The number of fused-ring (bicyclic) bond motifs is 1. The number of nitrogens with zero attached hydrogens (tertiary/aromatic N) is 1. The minimum atomic E-state index is -0.109. The van der Waals surface area contributed by atoms with Crippen LogP contribution >= 0.6 is 11.3 Å². The highest BCUT2D eigenvalue weighted by Gasteiger charge is 2.13. The van der Waals surface area contributed by atoms with Gasteiger partial charge in [-0.2, -0.15) is 0 Å². The van der Waals surface area contributed by atoms with Crippen LogP contribution in [0.25, 0.3) is 10.2 Å². The SMILES string of the molecule is Cc1sc2nc(CCC(=O)N[C@H](C)CCC(C)C)[nH]c(=O)c2c1C. The van der Waals surface area contributed by atoms with Crippen LogP contribution in [0.2, 0.25) is 0 Å². The van der Waals surface area contributed by atoms with Gasteiger partial charge in [0.1, 0.15) is 10.7 Å². The third-order valence-corrected chi connectivity index (χ3v) is 5.36. The van der Waals surface area contributed by atoms with Crippen LogP contribution in [-0.4, -0.2) is 21.9 Å². The monoisotopic (exact) mass is 349 g/mol. The molecular formula is C18H27N3O2S. The van der Waals surface area contributed by atoms with Crippen LogP contribution in [0, 0.1) is 19.8 Å². The molecule has 1 atom stereocenters. The fourth-order valence-electron chi connectivity index (χ4n) is 2.65. The summed E-state index contributed by atoms with van der Waals surface area (Å²) in [6.07, 6.45) is 2.87. The van der Waals surface area contributed by atoms with Gasteiger partial charge in [0, 0.05) is 23.8 Å². The zero-order valence-electron chi connectivity index (χ0n) is 15.2. The van der Waals surface area contributed by atoms with Gasteiger partial charge >= 0.3 is 0 Å². The molecule has 2 rings (SSSR count). The summed E-state index contributed by atoms with van der Waals surface area (Å²) in [4.78, 5) is 33.5. The van der Waals surface area contributed by atoms with E-state index in [9.17, 15) is 9.59 Å². The summed E-state index contributed by atoms with van der Waals surface area (Å²) >= 11 is 1.53. The van der Waals surface area contributed by atoms with E-state index in [1.165, 1.54) is 11.3 Å². The van der Waals surface area contributed by atoms with Gasteiger partial charge in [0.15, 0.2) is 0 Å². The van der Waals surface area contributed by atoms with Crippen LogP contribution in [0.5, 0.6) is 0 Å². The van der Waals surface area contributed by atoms with Crippen LogP contribution in [0.15, 0.2) is 4.79 Å². The Labute approximate surface area is 146 Å². The Hall–Kier alpha value is -1.69. The fourth-order valence-corrected chi connectivity index (χ4v) is 3.70. The van der Waals surface area contributed by atoms with Crippen LogP contribution in [0.1, 0.15) is 56.3 Å². The first-order chi connectivity index (χ1) is 11.3. The van der Waals surface area contributed by atoms with E-state index in [0.29, 0.717) is 30.0 Å². The van der Waals surface area contributed by atoms with Gasteiger partial charge in [-0.05, 0) is 45.1 Å². The molecule has 24 heavy (non-hydrogen) atoms. The molecule has 1 amide bonds. The first-order valence-corrected chi connectivity index (χ1v) is 9.37. The van der Waals surface area contributed by atoms with Crippen molar-refractivity contribution in [2.24, 2.45) is 5.92 Å². The summed E-state index contributed by atoms with van der Waals surface area (Å²) < 4.78 is 0. The van der Waals surface area contributed by atoms with Crippen molar-refractivity contribution < 1.29 is 4.79 Å². The molecule has 0 bridgehead atoms. The van der Waals surface area contributed by atoms with E-state index in [4.69, 9.17) is 0 Å². The Bertz CT molecular complexity index is 776. The lowest BCUT2D eigenvalue weighted by Gasteiger charge is -2.14. The normalized spacial score (nSPS) is 12.8. The number of nitrogens with one attached hydrogen (secondary N) is 2. The number of carbonyl (C=O) groups excluding carboxylic acids is 1. The highest BCUT2D eigenvalue weighted by molar-refractivity contribution is 7.18. The van der Waals surface area contributed by atoms with E-state index in [1.54, 1.807) is 0 Å². The van der Waals surface area contributed by atoms with Crippen LogP contribution < -0.4 is 10.9 Å². The number of aryl methyl sites for hydroxylation is 3. The van der Waals surface area contributed by atoms with Crippen molar-refractivity contribution in [2.75, 3.05) is 0 Å². The maximum Gasteiger partial charge on any atom is 0.259 e. The average molecular weight is 350 g/mol. The minimum absolute atomic E-state index is 0.00698. The molecule has 2 heterocycles. The number of carbonyl (C=O) groups is 1. The number of hydrogen-bond acceptors (Lipinski definition) is 4. The van der Waals surface area contributed by atoms with Gasteiger partial charge in [-0.25, -0.2) is 4.98 Å². The molecule has 0 radical (unpaired) electrons. The Kier molecular flexibility index (Phi) is 6.15. The zero-order chi connectivity index (χ0) is 17.9. The van der Waals surface area contributed by atoms with Crippen molar-refractivity contribution >= 4 is 27.5 Å². The number of aromatic amines is 1. The highest BCUT2D eigenvalue weighted by Crippen LogP contribution is 2.25. The van der Waals surface area contributed by atoms with Crippen molar-refractivity contribution in [3.8, 4) is 0 Å². The summed E-state index contributed by atoms with van der Waals surface area (Å²) in [6, 6.07) is 0.178. The summed E-state index contributed by atoms with van der Waals surface area (Å²) in [5, 5.41) is 3.69. The molecule has 0 aromatic carbocycles. The number of thiophene rings is 1. The molecule has 2 N–H and O–H groups in total. The molecule has 6 heteroatoms. The number of H-pyrrole nitrogens is 1. The second-order valence-electron chi connectivity index (χ2n) is 6.92. The Morgan fingerprint density at radius 3 is 2.62 bits per heavy atom. The van der Waals surface area contributed by atoms with Gasteiger partial charge in [-0.3, -0.25) is 9.59 Å². The molecule has 0 aliphatic rings. The molecule has 0 aliphatic carbocycles. The number of aromatic nitrogens is 2. The lowest BCUT2D eigenvalue weighted by molar-refractivity contribution is -0.121. The molecule has 0 saturated heterocycles. The predicted molar refractivity (Wildman–Crippen MR) is 99.7 cm³/mol. The molecule has 2 aromatic heterocycles. The predicted octanol–water partition coefficient (Wildman–Crippen LogP) is 3.47. The standard InChI is InChI=1S/C18H27N3O2S/c1-10(2)6-7-11(3)19-15(22)9-8-14-20-17(23)16-12(4)13(5)24-18(16)21-14/h10-11H,6-9H2,1-5H3,(H,19,22)(H,20,21,23)/t11-/m1/s1. The van der Waals surface area contributed by atoms with Crippen molar-refractivity contribution in [1.82, 2.24) is 15.3 Å². The van der Waals surface area contributed by atoms with Crippen molar-refractivity contribution in [1.29, 1.82) is 0 Å². The number of amides is 1. The summed E-state index contributed by atoms with van der Waals surface area (Å²) in [5.74, 6) is 1.23. The van der Waals surface area contributed by atoms with E-state index in [-0.39, 0.29) is 17.5 Å². The lowest BCUT2D eigenvalue weighted by atomic mass is 10.0. The quantitative estimate of drug-likeness (QED) is 0.803. The highest BCUT2D eigenvalue weighted by atomic mass is 32.1. The lowest BCUT2D eigenvalue weighted by Crippen LogP contribution is -2.33. The second kappa shape index (κ2) is 7.92. The van der Waals surface area contributed by atoms with Gasteiger partial charge < -0.3 is 10.3 Å². The first-order valence-electron chi connectivity index (χ1n) is 8.56. The molecule has 0 unspecified atom stereocenters. The zero-order valence-corrected chi connectivity index (χ0v) is 16.0. The van der Waals surface area contributed by atoms with Crippen LogP contribution in [-0.2, 0) is 11.2 Å². The first kappa shape index (κ1) is 18.6. The molecule has 0 aliphatic heterocycles. The van der Waals surface area contributed by atoms with E-state index in [0.717, 1.165) is 28.1 Å². The largest absolute Gasteiger partial charge is 0.354 e. The molecule has 132 valence electrons. The molecule has 0 saturated carbocycles. The maximum absolute atomic E-state index is 12.2. The molecule has 5 nitrogen and oxygen atoms in total. The van der Waals surface area contributed by atoms with E-state index in [1.807, 2.05) is 20.8 Å². The third kappa shape index (κ3) is 4.66. The maximum atomic E-state index is 12.2. The van der Waals surface area contributed by atoms with Crippen molar-refractivity contribution in [2.45, 2.75) is 66.3 Å². The Balaban J connectivity index is 1.96. The summed E-state index contributed by atoms with van der Waals surface area (Å²) in [6.45, 7) is 10.3. The third-order valence-electron chi connectivity index (χ3n) is 4.26.